The molecular formula is C16H17N5O3. The van der Waals surface area contributed by atoms with Gasteiger partial charge in [0.15, 0.2) is 11.5 Å². The van der Waals surface area contributed by atoms with E-state index in [1.165, 1.54) is 7.11 Å². The summed E-state index contributed by atoms with van der Waals surface area (Å²) in [6, 6.07) is 5.56. The van der Waals surface area contributed by atoms with E-state index in [1.807, 2.05) is 24.4 Å². The van der Waals surface area contributed by atoms with Crippen molar-refractivity contribution in [1.29, 1.82) is 0 Å². The zero-order valence-corrected chi connectivity index (χ0v) is 13.6. The molecule has 0 aromatic carbocycles. The molecule has 0 fully saturated rings. The summed E-state index contributed by atoms with van der Waals surface area (Å²) in [5, 5.41) is 10.9. The molecule has 0 aliphatic rings. The molecule has 3 heterocycles. The first-order valence-electron chi connectivity index (χ1n) is 7.37. The van der Waals surface area contributed by atoms with Crippen LogP contribution in [0, 0.1) is 13.8 Å². The number of carbonyl (C=O) groups is 2. The van der Waals surface area contributed by atoms with Crippen LogP contribution in [0.5, 0.6) is 0 Å². The number of ether oxygens (including phenoxy) is 1. The maximum absolute atomic E-state index is 12.4. The highest BCUT2D eigenvalue weighted by molar-refractivity contribution is 6.00. The Kier molecular flexibility index (Phi) is 4.03. The highest BCUT2D eigenvalue weighted by atomic mass is 16.5. The predicted molar refractivity (Wildman–Crippen MR) is 85.8 cm³/mol. The van der Waals surface area contributed by atoms with E-state index in [0.29, 0.717) is 34.0 Å². The second-order valence-corrected chi connectivity index (χ2v) is 5.34. The highest BCUT2D eigenvalue weighted by Crippen LogP contribution is 2.18. The Balaban J connectivity index is 1.80. The molecule has 0 unspecified atom stereocenters. The van der Waals surface area contributed by atoms with E-state index in [-0.39, 0.29) is 12.5 Å². The van der Waals surface area contributed by atoms with E-state index in [2.05, 4.69) is 20.5 Å². The molecular weight excluding hydrogens is 310 g/mol. The number of H-pyrrole nitrogens is 1. The minimum atomic E-state index is -0.469. The van der Waals surface area contributed by atoms with E-state index < -0.39 is 5.97 Å². The van der Waals surface area contributed by atoms with Gasteiger partial charge in [-0.15, -0.1) is 10.2 Å². The van der Waals surface area contributed by atoms with E-state index in [4.69, 9.17) is 4.74 Å². The molecule has 3 aromatic heterocycles. The predicted octanol–water partition coefficient (Wildman–Crippen LogP) is 1.39. The fourth-order valence-corrected chi connectivity index (χ4v) is 2.64. The van der Waals surface area contributed by atoms with Crippen molar-refractivity contribution < 1.29 is 14.3 Å². The number of nitrogens with zero attached hydrogens (tertiary/aromatic N) is 3. The number of methoxy groups -OCH3 is 1. The molecule has 0 saturated heterocycles. The van der Waals surface area contributed by atoms with Gasteiger partial charge in [-0.05, 0) is 31.5 Å². The zero-order valence-electron chi connectivity index (χ0n) is 13.6. The maximum atomic E-state index is 12.4. The number of carbonyl (C=O) groups excluding carboxylic acids is 2. The molecule has 1 amide bonds. The van der Waals surface area contributed by atoms with Gasteiger partial charge in [0.2, 0.25) is 0 Å². The fourth-order valence-electron chi connectivity index (χ4n) is 2.64. The van der Waals surface area contributed by atoms with Crippen molar-refractivity contribution in [1.82, 2.24) is 24.9 Å². The Labute approximate surface area is 137 Å². The molecule has 0 aliphatic carbocycles. The molecule has 0 aliphatic heterocycles. The van der Waals surface area contributed by atoms with Crippen LogP contribution < -0.4 is 5.32 Å². The van der Waals surface area contributed by atoms with Gasteiger partial charge in [0.25, 0.3) is 5.91 Å². The van der Waals surface area contributed by atoms with Crippen LogP contribution in [0.4, 0.5) is 0 Å². The van der Waals surface area contributed by atoms with Gasteiger partial charge < -0.3 is 15.0 Å². The zero-order chi connectivity index (χ0) is 17.3. The summed E-state index contributed by atoms with van der Waals surface area (Å²) in [6.45, 7) is 3.65. The maximum Gasteiger partial charge on any atom is 0.339 e. The Morgan fingerprint density at radius 2 is 2.08 bits per heavy atom. The third kappa shape index (κ3) is 2.62. The summed E-state index contributed by atoms with van der Waals surface area (Å²) in [6.07, 6.45) is 1.83. The summed E-state index contributed by atoms with van der Waals surface area (Å²) in [7, 11) is 1.31. The number of esters is 1. The Morgan fingerprint density at radius 3 is 2.83 bits per heavy atom. The molecule has 124 valence electrons. The van der Waals surface area contributed by atoms with E-state index in [0.717, 1.165) is 0 Å². The SMILES string of the molecule is COC(=O)c1c(C)[nH]c(C(=O)NCc2nnc3ccccn23)c1C. The topological polar surface area (TPSA) is 101 Å². The number of hydrogen-bond donors (Lipinski definition) is 2. The first kappa shape index (κ1) is 15.7. The first-order chi connectivity index (χ1) is 11.5. The Morgan fingerprint density at radius 1 is 1.29 bits per heavy atom. The molecule has 2 N–H and O–H groups in total. The summed E-state index contributed by atoms with van der Waals surface area (Å²) in [4.78, 5) is 27.1. The van der Waals surface area contributed by atoms with Crippen LogP contribution in [0.3, 0.4) is 0 Å². The van der Waals surface area contributed by atoms with E-state index >= 15 is 0 Å². The molecule has 0 saturated carbocycles. The van der Waals surface area contributed by atoms with Crippen molar-refractivity contribution >= 4 is 17.5 Å². The quantitative estimate of drug-likeness (QED) is 0.705. The molecule has 8 nitrogen and oxygen atoms in total. The number of aromatic nitrogens is 4. The highest BCUT2D eigenvalue weighted by Gasteiger charge is 2.22. The smallest absolute Gasteiger partial charge is 0.339 e. The minimum Gasteiger partial charge on any atom is -0.465 e. The number of aromatic amines is 1. The van der Waals surface area contributed by atoms with Crippen LogP contribution in [0.15, 0.2) is 24.4 Å². The average Bonchev–Trinajstić information content (AvgIpc) is 3.13. The van der Waals surface area contributed by atoms with Crippen LogP contribution in [-0.4, -0.2) is 38.6 Å². The lowest BCUT2D eigenvalue weighted by Crippen LogP contribution is -2.25. The van der Waals surface area contributed by atoms with Gasteiger partial charge in [0, 0.05) is 11.9 Å². The Hall–Kier alpha value is -3.16. The second kappa shape index (κ2) is 6.15. The van der Waals surface area contributed by atoms with Crippen molar-refractivity contribution in [2.24, 2.45) is 0 Å². The van der Waals surface area contributed by atoms with Crippen LogP contribution >= 0.6 is 0 Å². The van der Waals surface area contributed by atoms with Crippen LogP contribution in [-0.2, 0) is 11.3 Å². The lowest BCUT2D eigenvalue weighted by atomic mass is 10.1. The van der Waals surface area contributed by atoms with Gasteiger partial charge in [-0.1, -0.05) is 6.07 Å². The lowest BCUT2D eigenvalue weighted by molar-refractivity contribution is 0.0599. The number of amides is 1. The molecule has 0 bridgehead atoms. The van der Waals surface area contributed by atoms with Gasteiger partial charge in [-0.3, -0.25) is 9.20 Å². The third-order valence-corrected chi connectivity index (χ3v) is 3.85. The largest absolute Gasteiger partial charge is 0.465 e. The van der Waals surface area contributed by atoms with Crippen molar-refractivity contribution in [3.05, 3.63) is 52.7 Å². The summed E-state index contributed by atoms with van der Waals surface area (Å²) >= 11 is 0. The van der Waals surface area contributed by atoms with E-state index in [9.17, 15) is 9.59 Å². The summed E-state index contributed by atoms with van der Waals surface area (Å²) < 4.78 is 6.54. The van der Waals surface area contributed by atoms with Crippen LogP contribution in [0.25, 0.3) is 5.65 Å². The van der Waals surface area contributed by atoms with Crippen molar-refractivity contribution in [2.45, 2.75) is 20.4 Å². The molecule has 3 rings (SSSR count). The normalized spacial score (nSPS) is 10.8. The third-order valence-electron chi connectivity index (χ3n) is 3.85. The van der Waals surface area contributed by atoms with Crippen molar-refractivity contribution in [3.63, 3.8) is 0 Å². The molecule has 8 heteroatoms. The van der Waals surface area contributed by atoms with Gasteiger partial charge in [-0.25, -0.2) is 4.79 Å². The molecule has 0 radical (unpaired) electrons. The molecule has 0 atom stereocenters. The number of aryl methyl sites for hydroxylation is 1. The Bertz CT molecular complexity index is 925. The molecule has 3 aromatic rings. The number of rotatable bonds is 4. The number of nitrogens with one attached hydrogen (secondary N) is 2. The first-order valence-corrected chi connectivity index (χ1v) is 7.37. The van der Waals surface area contributed by atoms with E-state index in [1.54, 1.807) is 18.2 Å². The lowest BCUT2D eigenvalue weighted by Gasteiger charge is -2.04. The van der Waals surface area contributed by atoms with Gasteiger partial charge >= 0.3 is 5.97 Å². The van der Waals surface area contributed by atoms with Crippen LogP contribution in [0.1, 0.15) is 37.9 Å². The number of fused-ring (bicyclic) bond motifs is 1. The van der Waals surface area contributed by atoms with Gasteiger partial charge in [0.1, 0.15) is 5.69 Å². The van der Waals surface area contributed by atoms with Gasteiger partial charge in [-0.2, -0.15) is 0 Å². The number of pyridine rings is 1. The van der Waals surface area contributed by atoms with Crippen molar-refractivity contribution in [2.75, 3.05) is 7.11 Å². The molecule has 0 spiro atoms. The monoisotopic (exact) mass is 327 g/mol. The van der Waals surface area contributed by atoms with Gasteiger partial charge in [0.05, 0.1) is 19.2 Å². The average molecular weight is 327 g/mol. The van der Waals surface area contributed by atoms with Crippen molar-refractivity contribution in [3.8, 4) is 0 Å². The minimum absolute atomic E-state index is 0.217. The summed E-state index contributed by atoms with van der Waals surface area (Å²) in [5.74, 6) is -0.171. The van der Waals surface area contributed by atoms with Crippen LogP contribution in [0.2, 0.25) is 0 Å². The fraction of sp³-hybridized carbons (Fsp3) is 0.250. The standard InChI is InChI=1S/C16H17N5O3/c1-9-13(16(23)24-3)10(2)18-14(9)15(22)17-8-12-20-19-11-6-4-5-7-21(11)12/h4-7,18H,8H2,1-3H3,(H,17,22). The summed E-state index contributed by atoms with van der Waals surface area (Å²) in [5.41, 5.74) is 2.58. The second-order valence-electron chi connectivity index (χ2n) is 5.34. The molecule has 24 heavy (non-hydrogen) atoms. The number of hydrogen-bond acceptors (Lipinski definition) is 5.